The maximum atomic E-state index is 12.8. The van der Waals surface area contributed by atoms with Gasteiger partial charge in [0.25, 0.3) is 0 Å². The molecule has 0 unspecified atom stereocenters. The number of piperazine rings is 1. The number of hydrogen-bond acceptors (Lipinski definition) is 5. The van der Waals surface area contributed by atoms with Crippen molar-refractivity contribution in [3.8, 4) is 11.1 Å². The van der Waals surface area contributed by atoms with Crippen molar-refractivity contribution < 1.29 is 9.53 Å². The number of ether oxygens (including phenoxy) is 1. The molecule has 5 rings (SSSR count). The minimum Gasteiger partial charge on any atom is -0.378 e. The monoisotopic (exact) mass is 406 g/mol. The fourth-order valence-electron chi connectivity index (χ4n) is 4.32. The third kappa shape index (κ3) is 3.47. The van der Waals surface area contributed by atoms with E-state index in [1.807, 2.05) is 29.1 Å². The number of pyridine rings is 1. The molecule has 0 atom stereocenters. The number of aromatic amines is 1. The fourth-order valence-corrected chi connectivity index (χ4v) is 4.32. The Balaban J connectivity index is 1.36. The molecular weight excluding hydrogens is 380 g/mol. The molecule has 2 aromatic heterocycles. The zero-order chi connectivity index (χ0) is 20.5. The Labute approximate surface area is 175 Å². The molecule has 2 aliphatic heterocycles. The van der Waals surface area contributed by atoms with Crippen molar-refractivity contribution in [3.63, 3.8) is 0 Å². The van der Waals surface area contributed by atoms with E-state index in [1.165, 1.54) is 5.69 Å². The van der Waals surface area contributed by atoms with Crippen LogP contribution in [0.2, 0.25) is 0 Å². The van der Waals surface area contributed by atoms with E-state index in [0.29, 0.717) is 26.3 Å². The number of H-pyrrole nitrogens is 1. The Morgan fingerprint density at radius 1 is 1.03 bits per heavy atom. The summed E-state index contributed by atoms with van der Waals surface area (Å²) in [5, 5.41) is 8.32. The highest BCUT2D eigenvalue weighted by atomic mass is 16.5. The summed E-state index contributed by atoms with van der Waals surface area (Å²) in [5.74, 6) is 0. The van der Waals surface area contributed by atoms with E-state index in [-0.39, 0.29) is 6.03 Å². The fraction of sp³-hybridized carbons (Fsp3) is 0.409. The standard InChI is InChI=1S/C22H26N6O2/c1-16-19(15-24-25-16)17-2-3-20-18(14-17)21(4-5-23-20)26-6-8-27(9-7-26)22(29)28-10-12-30-13-11-28/h2-5,14-15H,6-13H2,1H3,(H,24,25). The summed E-state index contributed by atoms with van der Waals surface area (Å²) in [5.41, 5.74) is 5.36. The second-order valence-corrected chi connectivity index (χ2v) is 7.80. The minimum absolute atomic E-state index is 0.134. The van der Waals surface area contributed by atoms with Crippen molar-refractivity contribution in [2.24, 2.45) is 0 Å². The van der Waals surface area contributed by atoms with E-state index < -0.39 is 0 Å². The first kappa shape index (κ1) is 18.9. The highest BCUT2D eigenvalue weighted by Crippen LogP contribution is 2.31. The number of anilines is 1. The smallest absolute Gasteiger partial charge is 0.320 e. The van der Waals surface area contributed by atoms with Crippen LogP contribution < -0.4 is 4.90 Å². The topological polar surface area (TPSA) is 77.6 Å². The molecule has 156 valence electrons. The molecule has 3 aromatic rings. The number of aromatic nitrogens is 3. The predicted octanol–water partition coefficient (Wildman–Crippen LogP) is 2.51. The van der Waals surface area contributed by atoms with Crippen LogP contribution in [0.4, 0.5) is 10.5 Å². The average molecular weight is 406 g/mol. The van der Waals surface area contributed by atoms with Gasteiger partial charge in [-0.15, -0.1) is 0 Å². The summed E-state index contributed by atoms with van der Waals surface area (Å²) in [6, 6.07) is 8.57. The number of hydrogen-bond donors (Lipinski definition) is 1. The number of aryl methyl sites for hydroxylation is 1. The van der Waals surface area contributed by atoms with Gasteiger partial charge in [0.15, 0.2) is 0 Å². The van der Waals surface area contributed by atoms with Crippen molar-refractivity contribution in [2.75, 3.05) is 57.4 Å². The van der Waals surface area contributed by atoms with Crippen LogP contribution in [0.1, 0.15) is 5.69 Å². The zero-order valence-electron chi connectivity index (χ0n) is 17.2. The molecule has 2 amide bonds. The summed E-state index contributed by atoms with van der Waals surface area (Å²) in [4.78, 5) is 23.6. The van der Waals surface area contributed by atoms with E-state index in [4.69, 9.17) is 4.74 Å². The van der Waals surface area contributed by atoms with Crippen LogP contribution in [0.25, 0.3) is 22.0 Å². The number of fused-ring (bicyclic) bond motifs is 1. The SMILES string of the molecule is Cc1n[nH]cc1-c1ccc2nccc(N3CCN(C(=O)N4CCOCC4)CC3)c2c1. The number of benzene rings is 1. The Hall–Kier alpha value is -3.13. The van der Waals surface area contributed by atoms with E-state index in [2.05, 4.69) is 44.3 Å². The largest absolute Gasteiger partial charge is 0.378 e. The van der Waals surface area contributed by atoms with Gasteiger partial charge in [-0.3, -0.25) is 10.1 Å². The predicted molar refractivity (Wildman–Crippen MR) is 116 cm³/mol. The van der Waals surface area contributed by atoms with Crippen LogP contribution in [-0.4, -0.2) is 83.5 Å². The summed E-state index contributed by atoms with van der Waals surface area (Å²) < 4.78 is 5.36. The summed E-state index contributed by atoms with van der Waals surface area (Å²) in [7, 11) is 0. The third-order valence-corrected chi connectivity index (χ3v) is 6.03. The first-order valence-electron chi connectivity index (χ1n) is 10.5. The van der Waals surface area contributed by atoms with Crippen LogP contribution in [0.15, 0.2) is 36.7 Å². The summed E-state index contributed by atoms with van der Waals surface area (Å²) in [6.45, 7) is 7.70. The van der Waals surface area contributed by atoms with Gasteiger partial charge in [-0.2, -0.15) is 5.10 Å². The second-order valence-electron chi connectivity index (χ2n) is 7.80. The van der Waals surface area contributed by atoms with Crippen LogP contribution in [0.3, 0.4) is 0 Å². The lowest BCUT2D eigenvalue weighted by Crippen LogP contribution is -2.54. The Morgan fingerprint density at radius 2 is 1.80 bits per heavy atom. The normalized spacial score (nSPS) is 17.6. The Morgan fingerprint density at radius 3 is 2.53 bits per heavy atom. The van der Waals surface area contributed by atoms with Crippen LogP contribution in [0.5, 0.6) is 0 Å². The van der Waals surface area contributed by atoms with Gasteiger partial charge >= 0.3 is 6.03 Å². The van der Waals surface area contributed by atoms with E-state index in [1.54, 1.807) is 0 Å². The number of amides is 2. The van der Waals surface area contributed by atoms with Crippen molar-refractivity contribution in [2.45, 2.75) is 6.92 Å². The van der Waals surface area contributed by atoms with E-state index in [9.17, 15) is 4.79 Å². The first-order chi connectivity index (χ1) is 14.7. The number of nitrogens with zero attached hydrogens (tertiary/aromatic N) is 5. The molecule has 2 aliphatic rings. The number of urea groups is 1. The third-order valence-electron chi connectivity index (χ3n) is 6.03. The Kier molecular flexibility index (Phi) is 5.00. The van der Waals surface area contributed by atoms with Gasteiger partial charge in [0, 0.05) is 68.3 Å². The molecule has 2 fully saturated rings. The molecule has 0 radical (unpaired) electrons. The molecule has 8 nitrogen and oxygen atoms in total. The number of nitrogens with one attached hydrogen (secondary N) is 1. The molecule has 1 aromatic carbocycles. The average Bonchev–Trinajstić information content (AvgIpc) is 3.24. The molecule has 0 bridgehead atoms. The van der Waals surface area contributed by atoms with Gasteiger partial charge < -0.3 is 19.4 Å². The number of rotatable bonds is 2. The highest BCUT2D eigenvalue weighted by molar-refractivity contribution is 5.95. The van der Waals surface area contributed by atoms with Crippen molar-refractivity contribution in [1.29, 1.82) is 0 Å². The second kappa shape index (κ2) is 7.95. The van der Waals surface area contributed by atoms with E-state index in [0.717, 1.165) is 53.9 Å². The number of carbonyl (C=O) groups excluding carboxylic acids is 1. The first-order valence-corrected chi connectivity index (χ1v) is 10.5. The molecular formula is C22H26N6O2. The lowest BCUT2D eigenvalue weighted by Gasteiger charge is -2.39. The van der Waals surface area contributed by atoms with Crippen LogP contribution in [0, 0.1) is 6.92 Å². The molecule has 30 heavy (non-hydrogen) atoms. The van der Waals surface area contributed by atoms with Gasteiger partial charge in [-0.25, -0.2) is 4.79 Å². The van der Waals surface area contributed by atoms with Crippen LogP contribution >= 0.6 is 0 Å². The highest BCUT2D eigenvalue weighted by Gasteiger charge is 2.27. The van der Waals surface area contributed by atoms with Gasteiger partial charge in [-0.1, -0.05) is 6.07 Å². The summed E-state index contributed by atoms with van der Waals surface area (Å²) in [6.07, 6.45) is 3.80. The minimum atomic E-state index is 0.134. The van der Waals surface area contributed by atoms with Gasteiger partial charge in [0.05, 0.1) is 24.4 Å². The molecule has 4 heterocycles. The number of carbonyl (C=O) groups is 1. The molecule has 2 saturated heterocycles. The maximum absolute atomic E-state index is 12.8. The molecule has 8 heteroatoms. The lowest BCUT2D eigenvalue weighted by molar-refractivity contribution is 0.0428. The van der Waals surface area contributed by atoms with Crippen LogP contribution in [-0.2, 0) is 4.74 Å². The lowest BCUT2D eigenvalue weighted by atomic mass is 10.0. The van der Waals surface area contributed by atoms with Crippen molar-refractivity contribution in [3.05, 3.63) is 42.4 Å². The molecule has 0 spiro atoms. The number of morpholine rings is 1. The molecule has 0 saturated carbocycles. The molecule has 0 aliphatic carbocycles. The zero-order valence-corrected chi connectivity index (χ0v) is 17.2. The van der Waals surface area contributed by atoms with Crippen molar-refractivity contribution in [1.82, 2.24) is 25.0 Å². The van der Waals surface area contributed by atoms with Crippen molar-refractivity contribution >= 4 is 22.6 Å². The van der Waals surface area contributed by atoms with Gasteiger partial charge in [0.2, 0.25) is 0 Å². The quantitative estimate of drug-likeness (QED) is 0.708. The van der Waals surface area contributed by atoms with E-state index >= 15 is 0 Å². The Bertz CT molecular complexity index is 1050. The van der Waals surface area contributed by atoms with Gasteiger partial charge in [0.1, 0.15) is 0 Å². The summed E-state index contributed by atoms with van der Waals surface area (Å²) >= 11 is 0. The van der Waals surface area contributed by atoms with Gasteiger partial charge in [-0.05, 0) is 30.7 Å². The molecule has 1 N–H and O–H groups in total. The maximum Gasteiger partial charge on any atom is 0.320 e.